The van der Waals surface area contributed by atoms with Gasteiger partial charge in [0.05, 0.1) is 12.9 Å². The zero-order valence-electron chi connectivity index (χ0n) is 14.1. The minimum atomic E-state index is 0.0724. The number of hydrogen-bond acceptors (Lipinski definition) is 5. The molecule has 0 saturated carbocycles. The lowest BCUT2D eigenvalue weighted by Crippen LogP contribution is -2.49. The second-order valence-electron chi connectivity index (χ2n) is 5.72. The summed E-state index contributed by atoms with van der Waals surface area (Å²) >= 11 is 1.28. The van der Waals surface area contributed by atoms with Crippen molar-refractivity contribution in [2.75, 3.05) is 43.9 Å². The number of hydrogen-bond donors (Lipinski definition) is 0. The lowest BCUT2D eigenvalue weighted by atomic mass is 10.2. The fourth-order valence-corrected chi connectivity index (χ4v) is 3.58. The van der Waals surface area contributed by atoms with E-state index in [0.717, 1.165) is 29.3 Å². The van der Waals surface area contributed by atoms with Crippen molar-refractivity contribution in [1.82, 2.24) is 4.90 Å². The number of rotatable bonds is 5. The highest BCUT2D eigenvalue weighted by atomic mass is 32.2. The number of benzene rings is 1. The average molecular weight is 359 g/mol. The van der Waals surface area contributed by atoms with Crippen LogP contribution in [-0.4, -0.2) is 49.8 Å². The Kier molecular flexibility index (Phi) is 5.65. The molecule has 1 aliphatic rings. The minimum absolute atomic E-state index is 0.0724. The van der Waals surface area contributed by atoms with E-state index in [9.17, 15) is 10.0 Å². The lowest BCUT2D eigenvalue weighted by molar-refractivity contribution is -0.645. The van der Waals surface area contributed by atoms with E-state index in [1.807, 2.05) is 29.2 Å². The van der Waals surface area contributed by atoms with Crippen LogP contribution < -0.4 is 14.4 Å². The van der Waals surface area contributed by atoms with E-state index < -0.39 is 0 Å². The Morgan fingerprint density at radius 3 is 2.52 bits per heavy atom. The van der Waals surface area contributed by atoms with E-state index in [4.69, 9.17) is 4.74 Å². The molecule has 0 aliphatic carbocycles. The number of aromatic nitrogens is 1. The zero-order valence-corrected chi connectivity index (χ0v) is 14.9. The van der Waals surface area contributed by atoms with Crippen molar-refractivity contribution >= 4 is 23.4 Å². The second-order valence-corrected chi connectivity index (χ2v) is 6.71. The highest BCUT2D eigenvalue weighted by Crippen LogP contribution is 2.21. The number of carbonyl (C=O) groups excluding carboxylic acids is 1. The lowest BCUT2D eigenvalue weighted by Gasteiger charge is -2.36. The summed E-state index contributed by atoms with van der Waals surface area (Å²) in [5, 5.41) is 12.2. The van der Waals surface area contributed by atoms with Crippen LogP contribution in [0.3, 0.4) is 0 Å². The fourth-order valence-electron chi connectivity index (χ4n) is 2.76. The Balaban J connectivity index is 1.49. The van der Waals surface area contributed by atoms with Gasteiger partial charge < -0.3 is 19.7 Å². The Bertz CT molecular complexity index is 716. The van der Waals surface area contributed by atoms with Gasteiger partial charge in [-0.25, -0.2) is 0 Å². The van der Waals surface area contributed by atoms with Crippen LogP contribution in [0.1, 0.15) is 0 Å². The minimum Gasteiger partial charge on any atom is -0.618 e. The molecule has 0 unspecified atom stereocenters. The van der Waals surface area contributed by atoms with Crippen molar-refractivity contribution in [3.63, 3.8) is 0 Å². The first-order valence-corrected chi connectivity index (χ1v) is 9.13. The largest absolute Gasteiger partial charge is 0.618 e. The molecule has 1 fully saturated rings. The Labute approximate surface area is 151 Å². The Morgan fingerprint density at radius 2 is 1.88 bits per heavy atom. The van der Waals surface area contributed by atoms with Crippen molar-refractivity contribution in [2.45, 2.75) is 5.03 Å². The first-order valence-electron chi connectivity index (χ1n) is 8.15. The molecule has 1 aromatic carbocycles. The van der Waals surface area contributed by atoms with Crippen LogP contribution >= 0.6 is 11.8 Å². The van der Waals surface area contributed by atoms with Crippen molar-refractivity contribution in [3.05, 3.63) is 53.9 Å². The molecule has 0 N–H and O–H groups in total. The second kappa shape index (κ2) is 8.11. The normalized spacial score (nSPS) is 14.4. The number of pyridine rings is 1. The van der Waals surface area contributed by atoms with Crippen LogP contribution in [0.15, 0.2) is 53.7 Å². The molecule has 0 atom stereocenters. The summed E-state index contributed by atoms with van der Waals surface area (Å²) < 4.78 is 5.97. The highest BCUT2D eigenvalue weighted by molar-refractivity contribution is 7.99. The topological polar surface area (TPSA) is 59.7 Å². The van der Waals surface area contributed by atoms with E-state index in [1.165, 1.54) is 18.0 Å². The third kappa shape index (κ3) is 4.36. The van der Waals surface area contributed by atoms with Crippen molar-refractivity contribution < 1.29 is 14.3 Å². The predicted octanol–water partition coefficient (Wildman–Crippen LogP) is 1.77. The van der Waals surface area contributed by atoms with Crippen LogP contribution in [0.2, 0.25) is 0 Å². The van der Waals surface area contributed by atoms with Crippen LogP contribution in [-0.2, 0) is 4.79 Å². The van der Waals surface area contributed by atoms with Crippen LogP contribution in [0.4, 0.5) is 5.69 Å². The van der Waals surface area contributed by atoms with E-state index in [-0.39, 0.29) is 11.7 Å². The monoisotopic (exact) mass is 359 g/mol. The summed E-state index contributed by atoms with van der Waals surface area (Å²) in [7, 11) is 1.65. The summed E-state index contributed by atoms with van der Waals surface area (Å²) in [6.07, 6.45) is 1.44. The van der Waals surface area contributed by atoms with Crippen LogP contribution in [0.5, 0.6) is 5.75 Å². The number of piperazine rings is 1. The molecule has 1 saturated heterocycles. The van der Waals surface area contributed by atoms with Gasteiger partial charge in [0, 0.05) is 44.0 Å². The fraction of sp³-hybridized carbons (Fsp3) is 0.333. The van der Waals surface area contributed by atoms with Gasteiger partial charge in [0.15, 0.2) is 6.20 Å². The molecule has 25 heavy (non-hydrogen) atoms. The molecule has 0 spiro atoms. The maximum Gasteiger partial charge on any atom is 0.251 e. The summed E-state index contributed by atoms with van der Waals surface area (Å²) in [6.45, 7) is 2.99. The molecule has 3 rings (SSSR count). The summed E-state index contributed by atoms with van der Waals surface area (Å²) in [4.78, 5) is 16.5. The first-order chi connectivity index (χ1) is 12.2. The first kappa shape index (κ1) is 17.4. The quantitative estimate of drug-likeness (QED) is 0.463. The van der Waals surface area contributed by atoms with Gasteiger partial charge in [0.25, 0.3) is 5.03 Å². The van der Waals surface area contributed by atoms with Crippen molar-refractivity contribution in [3.8, 4) is 5.75 Å². The standard InChI is InChI=1S/C18H21N3O3S/c1-24-16-7-5-15(6-8-16)19-10-12-20(13-11-19)17(22)14-25-18-4-2-3-9-21(18)23/h2-9H,10-14H2,1H3. The molecular formula is C18H21N3O3S. The van der Waals surface area contributed by atoms with Crippen LogP contribution in [0, 0.1) is 5.21 Å². The summed E-state index contributed by atoms with van der Waals surface area (Å²) in [5.74, 6) is 1.20. The number of methoxy groups -OCH3 is 1. The molecule has 1 aliphatic heterocycles. The number of carbonyl (C=O) groups is 1. The molecular weight excluding hydrogens is 338 g/mol. The zero-order chi connectivity index (χ0) is 17.6. The van der Waals surface area contributed by atoms with Gasteiger partial charge >= 0.3 is 0 Å². The number of amides is 1. The van der Waals surface area contributed by atoms with Gasteiger partial charge in [-0.2, -0.15) is 4.73 Å². The number of thioether (sulfide) groups is 1. The number of anilines is 1. The molecule has 1 amide bonds. The average Bonchev–Trinajstić information content (AvgIpc) is 2.67. The van der Waals surface area contributed by atoms with E-state index in [1.54, 1.807) is 25.3 Å². The van der Waals surface area contributed by atoms with Crippen LogP contribution in [0.25, 0.3) is 0 Å². The Morgan fingerprint density at radius 1 is 1.16 bits per heavy atom. The third-order valence-electron chi connectivity index (χ3n) is 4.20. The maximum absolute atomic E-state index is 12.4. The molecule has 0 radical (unpaired) electrons. The maximum atomic E-state index is 12.4. The highest BCUT2D eigenvalue weighted by Gasteiger charge is 2.22. The van der Waals surface area contributed by atoms with E-state index >= 15 is 0 Å². The number of ether oxygens (including phenoxy) is 1. The van der Waals surface area contributed by atoms with Gasteiger partial charge in [-0.15, -0.1) is 0 Å². The van der Waals surface area contributed by atoms with Crippen molar-refractivity contribution in [2.24, 2.45) is 0 Å². The van der Waals surface area contributed by atoms with E-state index in [2.05, 4.69) is 4.90 Å². The summed E-state index contributed by atoms with van der Waals surface area (Å²) in [5.41, 5.74) is 1.14. The molecule has 7 heteroatoms. The molecule has 2 aromatic rings. The van der Waals surface area contributed by atoms with Crippen molar-refractivity contribution in [1.29, 1.82) is 0 Å². The van der Waals surface area contributed by atoms with Gasteiger partial charge in [0.1, 0.15) is 5.75 Å². The smallest absolute Gasteiger partial charge is 0.251 e. The molecule has 1 aromatic heterocycles. The van der Waals surface area contributed by atoms with Gasteiger partial charge in [-0.05, 0) is 42.1 Å². The number of nitrogens with zero attached hydrogens (tertiary/aromatic N) is 3. The van der Waals surface area contributed by atoms with Gasteiger partial charge in [0.2, 0.25) is 5.91 Å². The summed E-state index contributed by atoms with van der Waals surface area (Å²) in [6, 6.07) is 13.2. The Hall–Kier alpha value is -2.41. The van der Waals surface area contributed by atoms with Gasteiger partial charge in [-0.1, -0.05) is 0 Å². The molecule has 6 nitrogen and oxygen atoms in total. The SMILES string of the molecule is COc1ccc(N2CCN(C(=O)CSc3cccc[n+]3[O-])CC2)cc1. The predicted molar refractivity (Wildman–Crippen MR) is 97.9 cm³/mol. The molecule has 0 bridgehead atoms. The third-order valence-corrected chi connectivity index (χ3v) is 5.21. The molecule has 132 valence electrons. The molecule has 2 heterocycles. The van der Waals surface area contributed by atoms with Gasteiger partial charge in [-0.3, -0.25) is 4.79 Å². The van der Waals surface area contributed by atoms with E-state index in [0.29, 0.717) is 18.1 Å².